The number of aromatic nitrogens is 5. The predicted molar refractivity (Wildman–Crippen MR) is 161 cm³/mol. The normalized spacial score (nSPS) is 22.9. The molecule has 238 valence electrons. The highest BCUT2D eigenvalue weighted by atomic mass is 35.5. The molecule has 0 saturated carbocycles. The molecule has 0 aliphatic carbocycles. The van der Waals surface area contributed by atoms with E-state index < -0.39 is 24.2 Å². The molecular weight excluding hydrogens is 612 g/mol. The van der Waals surface area contributed by atoms with Gasteiger partial charge in [0.1, 0.15) is 30.3 Å². The van der Waals surface area contributed by atoms with Gasteiger partial charge in [-0.25, -0.2) is 13.6 Å². The van der Waals surface area contributed by atoms with Crippen molar-refractivity contribution < 1.29 is 32.5 Å². The lowest BCUT2D eigenvalue weighted by atomic mass is 9.95. The van der Waals surface area contributed by atoms with Gasteiger partial charge in [-0.2, -0.15) is 15.1 Å². The Hall–Kier alpha value is -3.88. The van der Waals surface area contributed by atoms with Crippen LogP contribution in [0.15, 0.2) is 18.5 Å². The highest BCUT2D eigenvalue weighted by Gasteiger charge is 2.41. The molecule has 0 amide bonds. The number of ether oxygens (including phenoxy) is 4. The Morgan fingerprint density at radius 2 is 2.09 bits per heavy atom. The Morgan fingerprint density at radius 3 is 2.91 bits per heavy atom. The number of alkyl halides is 1. The van der Waals surface area contributed by atoms with Crippen molar-refractivity contribution in [2.45, 2.75) is 37.3 Å². The van der Waals surface area contributed by atoms with Crippen LogP contribution in [0, 0.1) is 5.82 Å². The van der Waals surface area contributed by atoms with E-state index in [1.807, 2.05) is 7.05 Å². The van der Waals surface area contributed by atoms with Crippen molar-refractivity contribution in [2.75, 3.05) is 64.7 Å². The molecule has 8 rings (SSSR count). The van der Waals surface area contributed by atoms with Gasteiger partial charge in [0.05, 0.1) is 43.5 Å². The van der Waals surface area contributed by atoms with E-state index in [-0.39, 0.29) is 67.4 Å². The number of H-pyrrole nitrogens is 1. The van der Waals surface area contributed by atoms with Crippen LogP contribution < -0.4 is 9.64 Å². The van der Waals surface area contributed by atoms with Crippen LogP contribution in [0.5, 0.6) is 6.01 Å². The number of halogens is 3. The van der Waals surface area contributed by atoms with Crippen molar-refractivity contribution in [1.82, 2.24) is 30.0 Å². The predicted octanol–water partition coefficient (Wildman–Crippen LogP) is 4.48. The molecule has 2 fully saturated rings. The number of nitrogens with zero attached hydrogens (tertiary/aromatic N) is 6. The van der Waals surface area contributed by atoms with Crippen LogP contribution in [0.4, 0.5) is 19.4 Å². The molecule has 7 heterocycles. The highest BCUT2D eigenvalue weighted by molar-refractivity contribution is 6.33. The zero-order valence-corrected chi connectivity index (χ0v) is 25.4. The van der Waals surface area contributed by atoms with Gasteiger partial charge in [-0.3, -0.25) is 10.1 Å². The number of nitrogens with one attached hydrogen (secondary N) is 1. The topological polar surface area (TPSA) is 128 Å². The third-order valence-corrected chi connectivity index (χ3v) is 9.08. The van der Waals surface area contributed by atoms with Crippen LogP contribution in [-0.4, -0.2) is 108 Å². The molecule has 45 heavy (non-hydrogen) atoms. The number of aromatic amines is 1. The second kappa shape index (κ2) is 12.1. The van der Waals surface area contributed by atoms with Gasteiger partial charge < -0.3 is 28.7 Å². The number of carbonyl (C=O) groups is 1. The van der Waals surface area contributed by atoms with E-state index in [0.29, 0.717) is 46.5 Å². The van der Waals surface area contributed by atoms with E-state index in [9.17, 15) is 9.18 Å². The summed E-state index contributed by atoms with van der Waals surface area (Å²) < 4.78 is 54.3. The number of fused-ring (bicyclic) bond motifs is 7. The van der Waals surface area contributed by atoms with Crippen molar-refractivity contribution in [3.05, 3.63) is 34.9 Å². The smallest absolute Gasteiger partial charge is 0.462 e. The summed E-state index contributed by atoms with van der Waals surface area (Å²) in [6.07, 6.45) is 4.70. The van der Waals surface area contributed by atoms with E-state index in [0.717, 1.165) is 19.4 Å². The number of hydrogen-bond donors (Lipinski definition) is 1. The van der Waals surface area contributed by atoms with E-state index in [1.165, 1.54) is 6.20 Å². The second-order valence-corrected chi connectivity index (χ2v) is 12.1. The van der Waals surface area contributed by atoms with Crippen LogP contribution >= 0.6 is 11.6 Å². The summed E-state index contributed by atoms with van der Waals surface area (Å²) in [5.41, 5.74) is -0.0244. The summed E-state index contributed by atoms with van der Waals surface area (Å²) in [5, 5.41) is 8.31. The second-order valence-electron chi connectivity index (χ2n) is 11.7. The fraction of sp³-hybridized carbons (Fsp3) is 0.500. The van der Waals surface area contributed by atoms with E-state index in [2.05, 4.69) is 30.0 Å². The molecular formula is C30H32ClF2N7O5. The monoisotopic (exact) mass is 643 g/mol. The van der Waals surface area contributed by atoms with Crippen molar-refractivity contribution >= 4 is 45.4 Å². The molecule has 15 heteroatoms. The van der Waals surface area contributed by atoms with Crippen molar-refractivity contribution in [3.8, 4) is 17.3 Å². The first-order valence-electron chi connectivity index (χ1n) is 14.9. The number of hydrogen-bond acceptors (Lipinski definition) is 11. The van der Waals surface area contributed by atoms with E-state index in [1.54, 1.807) is 17.2 Å². The third kappa shape index (κ3) is 5.59. The number of pyridine rings is 1. The summed E-state index contributed by atoms with van der Waals surface area (Å²) in [7, 11) is 2.03. The number of anilines is 1. The van der Waals surface area contributed by atoms with E-state index in [4.69, 9.17) is 30.5 Å². The van der Waals surface area contributed by atoms with Gasteiger partial charge in [0.25, 0.3) is 0 Å². The van der Waals surface area contributed by atoms with Crippen molar-refractivity contribution in [1.29, 1.82) is 0 Å². The first-order valence-corrected chi connectivity index (χ1v) is 15.3. The molecule has 0 radical (unpaired) electrons. The first kappa shape index (κ1) is 29.8. The summed E-state index contributed by atoms with van der Waals surface area (Å²) in [4.78, 5) is 30.5. The van der Waals surface area contributed by atoms with Crippen LogP contribution in [0.1, 0.15) is 24.8 Å². The molecule has 4 aliphatic rings. The largest absolute Gasteiger partial charge is 0.509 e. The van der Waals surface area contributed by atoms with E-state index >= 15 is 4.39 Å². The standard InChI is InChI=1S/C30H32ClF2N7O5/c1-39-6-2-4-17(39)13-44-28-36-25-20-11-34-26(24(25)33)23-18(21(31)10-22-19(23)12-35-38-22)5-3-8-43-29(41)45-30(14-32)15-40(27(20)37-28)7-9-42-16-30/h10-12,17H,2-9,13-16H2,1H3,(H,35,38)/t17-,30?/m0/s1. The minimum Gasteiger partial charge on any atom is -0.462 e. The molecule has 4 aromatic rings. The molecule has 3 aromatic heterocycles. The van der Waals surface area contributed by atoms with Crippen LogP contribution in [0.3, 0.4) is 0 Å². The molecule has 0 spiro atoms. The molecule has 6 bridgehead atoms. The lowest BCUT2D eigenvalue weighted by Crippen LogP contribution is -2.50. The lowest BCUT2D eigenvalue weighted by molar-refractivity contribution is -0.0779. The Labute approximate surface area is 261 Å². The Balaban J connectivity index is 1.43. The van der Waals surface area contributed by atoms with Gasteiger partial charge in [0.15, 0.2) is 11.4 Å². The number of benzene rings is 1. The SMILES string of the molecule is CN1CCC[C@H]1COc1nc2c3cnc(c(F)c3n1)-c1c(c(Cl)cc3[nH]ncc13)CCCOC(=O)OC1(CF)COCCN2C1. The van der Waals surface area contributed by atoms with Crippen molar-refractivity contribution in [3.63, 3.8) is 0 Å². The molecule has 2 saturated heterocycles. The van der Waals surface area contributed by atoms with Gasteiger partial charge in [-0.05, 0) is 50.9 Å². The third-order valence-electron chi connectivity index (χ3n) is 8.74. The lowest BCUT2D eigenvalue weighted by Gasteiger charge is -2.33. The van der Waals surface area contributed by atoms with Crippen molar-refractivity contribution in [2.24, 2.45) is 0 Å². The fourth-order valence-corrected chi connectivity index (χ4v) is 6.64. The maximum atomic E-state index is 16.9. The molecule has 1 aromatic carbocycles. The summed E-state index contributed by atoms with van der Waals surface area (Å²) in [6.45, 7) is 0.262. The number of likely N-dealkylation sites (N-methyl/N-ethyl adjacent to an activating group) is 1. The average Bonchev–Trinajstić information content (AvgIpc) is 3.61. The maximum absolute atomic E-state index is 16.9. The number of likely N-dealkylation sites (tertiary alicyclic amines) is 1. The molecule has 4 aliphatic heterocycles. The van der Waals surface area contributed by atoms with Gasteiger partial charge in [-0.15, -0.1) is 0 Å². The molecule has 1 N–H and O–H groups in total. The zero-order chi connectivity index (χ0) is 31.1. The molecule has 2 atom stereocenters. The number of carbonyl (C=O) groups excluding carboxylic acids is 1. The van der Waals surface area contributed by atoms with Gasteiger partial charge in [-0.1, -0.05) is 11.6 Å². The van der Waals surface area contributed by atoms with Gasteiger partial charge >= 0.3 is 12.2 Å². The minimum atomic E-state index is -1.69. The van der Waals surface area contributed by atoms with Gasteiger partial charge in [0.2, 0.25) is 0 Å². The quantitative estimate of drug-likeness (QED) is 0.316. The molecule has 12 nitrogen and oxygen atoms in total. The van der Waals surface area contributed by atoms with Gasteiger partial charge in [0, 0.05) is 34.8 Å². The van der Waals surface area contributed by atoms with Crippen LogP contribution in [-0.2, 0) is 20.6 Å². The summed E-state index contributed by atoms with van der Waals surface area (Å²) >= 11 is 6.73. The van der Waals surface area contributed by atoms with Crippen LogP contribution in [0.2, 0.25) is 5.02 Å². The molecule has 1 unspecified atom stereocenters. The Kier molecular flexibility index (Phi) is 8.04. The maximum Gasteiger partial charge on any atom is 0.509 e. The Morgan fingerprint density at radius 1 is 1.20 bits per heavy atom. The number of rotatable bonds is 4. The summed E-state index contributed by atoms with van der Waals surface area (Å²) in [5.74, 6) is -0.442. The minimum absolute atomic E-state index is 0.0224. The zero-order valence-electron chi connectivity index (χ0n) is 24.7. The Bertz CT molecular complexity index is 1760. The summed E-state index contributed by atoms with van der Waals surface area (Å²) in [6, 6.07) is 1.83. The average molecular weight is 644 g/mol. The fourth-order valence-electron chi connectivity index (χ4n) is 6.35. The highest BCUT2D eigenvalue weighted by Crippen LogP contribution is 2.40. The van der Waals surface area contributed by atoms with Crippen LogP contribution in [0.25, 0.3) is 33.1 Å². The first-order chi connectivity index (χ1) is 21.9.